The molecule has 0 spiro atoms. The maximum absolute atomic E-state index is 11.9. The van der Waals surface area contributed by atoms with E-state index >= 15 is 0 Å². The molecule has 16 heavy (non-hydrogen) atoms. The largest absolute Gasteiger partial charge is 0.299 e. The van der Waals surface area contributed by atoms with Crippen LogP contribution < -0.4 is 0 Å². The maximum atomic E-state index is 11.9. The fourth-order valence-electron chi connectivity index (χ4n) is 1.80. The van der Waals surface area contributed by atoms with Crippen molar-refractivity contribution in [3.63, 3.8) is 0 Å². The van der Waals surface area contributed by atoms with Gasteiger partial charge in [-0.3, -0.25) is 4.79 Å². The topological polar surface area (TPSA) is 17.1 Å². The second-order valence-electron chi connectivity index (χ2n) is 5.02. The summed E-state index contributed by atoms with van der Waals surface area (Å²) in [6.07, 6.45) is 9.76. The van der Waals surface area contributed by atoms with Crippen LogP contribution in [0, 0.1) is 17.8 Å². The third-order valence-corrected chi connectivity index (χ3v) is 3.18. The average molecular weight is 218 g/mol. The first-order valence-electron chi connectivity index (χ1n) is 6.06. The Bertz CT molecular complexity index is 320. The first-order chi connectivity index (χ1) is 7.50. The molecule has 88 valence electrons. The summed E-state index contributed by atoms with van der Waals surface area (Å²) in [5, 5.41) is 0. The van der Waals surface area contributed by atoms with Gasteiger partial charge in [0.25, 0.3) is 0 Å². The average Bonchev–Trinajstić information content (AvgIpc) is 2.22. The number of ketones is 1. The van der Waals surface area contributed by atoms with Gasteiger partial charge in [0.2, 0.25) is 0 Å². The molecule has 0 N–H and O–H groups in total. The predicted octanol–water partition coefficient (Wildman–Crippen LogP) is 3.93. The smallest absolute Gasteiger partial charge is 0.140 e. The minimum atomic E-state index is 0.0422. The zero-order chi connectivity index (χ0) is 12.1. The zero-order valence-electron chi connectivity index (χ0n) is 10.6. The van der Waals surface area contributed by atoms with Crippen molar-refractivity contribution in [2.75, 3.05) is 0 Å². The molecular weight excluding hydrogens is 196 g/mol. The Hall–Kier alpha value is -1.11. The molecule has 0 aliphatic heterocycles. The molecule has 1 aliphatic rings. The minimum Gasteiger partial charge on any atom is -0.299 e. The van der Waals surface area contributed by atoms with Gasteiger partial charge in [0.1, 0.15) is 5.78 Å². The molecule has 1 heteroatoms. The summed E-state index contributed by atoms with van der Waals surface area (Å²) in [5.41, 5.74) is 1.11. The van der Waals surface area contributed by atoms with E-state index < -0.39 is 0 Å². The molecule has 0 radical (unpaired) electrons. The zero-order valence-corrected chi connectivity index (χ0v) is 10.6. The van der Waals surface area contributed by atoms with Crippen molar-refractivity contribution < 1.29 is 4.79 Å². The van der Waals surface area contributed by atoms with Gasteiger partial charge >= 0.3 is 0 Å². The lowest BCUT2D eigenvalue weighted by Gasteiger charge is -2.18. The van der Waals surface area contributed by atoms with Gasteiger partial charge in [-0.15, -0.1) is 0 Å². The van der Waals surface area contributed by atoms with E-state index in [9.17, 15) is 4.79 Å². The summed E-state index contributed by atoms with van der Waals surface area (Å²) in [4.78, 5) is 11.9. The van der Waals surface area contributed by atoms with Crippen LogP contribution in [0.4, 0.5) is 0 Å². The van der Waals surface area contributed by atoms with Crippen molar-refractivity contribution in [2.45, 2.75) is 33.6 Å². The molecule has 2 unspecified atom stereocenters. The summed E-state index contributed by atoms with van der Waals surface area (Å²) >= 11 is 0. The van der Waals surface area contributed by atoms with E-state index in [0.29, 0.717) is 24.0 Å². The predicted molar refractivity (Wildman–Crippen MR) is 69.2 cm³/mol. The second-order valence-corrected chi connectivity index (χ2v) is 5.02. The summed E-state index contributed by atoms with van der Waals surface area (Å²) in [6, 6.07) is 0. The van der Waals surface area contributed by atoms with E-state index in [2.05, 4.69) is 32.6 Å². The first-order valence-corrected chi connectivity index (χ1v) is 6.06. The standard InChI is InChI=1S/C15H22O/c1-11(2)14-9-8-12(3)6-5-7-13(4)15(16)10-14/h5,7-9,11,13-14H,3,6,10H2,1-2,4H3. The molecule has 0 fully saturated rings. The normalized spacial score (nSPS) is 27.5. The molecule has 1 rings (SSSR count). The number of allylic oxidation sites excluding steroid dienone is 5. The second kappa shape index (κ2) is 5.83. The van der Waals surface area contributed by atoms with Crippen molar-refractivity contribution in [2.24, 2.45) is 17.8 Å². The van der Waals surface area contributed by atoms with Crippen LogP contribution in [0.15, 0.2) is 36.5 Å². The van der Waals surface area contributed by atoms with Crippen molar-refractivity contribution in [1.29, 1.82) is 0 Å². The highest BCUT2D eigenvalue weighted by Crippen LogP contribution is 2.22. The van der Waals surface area contributed by atoms with Crippen molar-refractivity contribution >= 4 is 5.78 Å². The molecule has 0 saturated heterocycles. The number of Topliss-reactive ketones (excluding diaryl/α,β-unsaturated/α-hetero) is 1. The minimum absolute atomic E-state index is 0.0422. The Morgan fingerprint density at radius 1 is 1.38 bits per heavy atom. The van der Waals surface area contributed by atoms with Crippen LogP contribution in [-0.2, 0) is 4.79 Å². The first kappa shape index (κ1) is 13.0. The molecule has 0 aromatic heterocycles. The molecule has 0 aromatic carbocycles. The quantitative estimate of drug-likeness (QED) is 0.609. The lowest BCUT2D eigenvalue weighted by Crippen LogP contribution is -2.17. The van der Waals surface area contributed by atoms with Crippen LogP contribution in [-0.4, -0.2) is 5.78 Å². The highest BCUT2D eigenvalue weighted by molar-refractivity contribution is 5.82. The third kappa shape index (κ3) is 3.80. The molecule has 0 amide bonds. The van der Waals surface area contributed by atoms with Crippen LogP contribution in [0.25, 0.3) is 0 Å². The molecular formula is C15H22O. The molecule has 0 aromatic rings. The van der Waals surface area contributed by atoms with Gasteiger partial charge < -0.3 is 0 Å². The van der Waals surface area contributed by atoms with Gasteiger partial charge in [0, 0.05) is 12.3 Å². The van der Waals surface area contributed by atoms with E-state index in [1.807, 2.05) is 19.1 Å². The van der Waals surface area contributed by atoms with Crippen LogP contribution in [0.1, 0.15) is 33.6 Å². The van der Waals surface area contributed by atoms with Crippen LogP contribution >= 0.6 is 0 Å². The number of carbonyl (C=O) groups excluding carboxylic acids is 1. The van der Waals surface area contributed by atoms with E-state index in [1.54, 1.807) is 0 Å². The van der Waals surface area contributed by atoms with Crippen molar-refractivity contribution in [1.82, 2.24) is 0 Å². The summed E-state index contributed by atoms with van der Waals surface area (Å²) < 4.78 is 0. The number of hydrogen-bond donors (Lipinski definition) is 0. The molecule has 0 saturated carbocycles. The third-order valence-electron chi connectivity index (χ3n) is 3.18. The highest BCUT2D eigenvalue weighted by atomic mass is 16.1. The van der Waals surface area contributed by atoms with Crippen molar-refractivity contribution in [3.8, 4) is 0 Å². The van der Waals surface area contributed by atoms with Gasteiger partial charge in [0.15, 0.2) is 0 Å². The Kier molecular flexibility index (Phi) is 4.72. The molecule has 1 aliphatic carbocycles. The Morgan fingerprint density at radius 3 is 2.69 bits per heavy atom. The molecule has 1 nitrogen and oxygen atoms in total. The van der Waals surface area contributed by atoms with E-state index in [4.69, 9.17) is 0 Å². The van der Waals surface area contributed by atoms with E-state index in [-0.39, 0.29) is 5.92 Å². The van der Waals surface area contributed by atoms with E-state index in [1.165, 1.54) is 0 Å². The Labute approximate surface area is 98.9 Å². The van der Waals surface area contributed by atoms with Gasteiger partial charge in [0.05, 0.1) is 0 Å². The fourth-order valence-corrected chi connectivity index (χ4v) is 1.80. The summed E-state index contributed by atoms with van der Waals surface area (Å²) in [6.45, 7) is 10.3. The van der Waals surface area contributed by atoms with E-state index in [0.717, 1.165) is 12.0 Å². The molecule has 0 heterocycles. The Balaban J connectivity index is 2.86. The molecule has 2 atom stereocenters. The van der Waals surface area contributed by atoms with Gasteiger partial charge in [-0.25, -0.2) is 0 Å². The Morgan fingerprint density at radius 2 is 2.06 bits per heavy atom. The molecule has 0 bridgehead atoms. The summed E-state index contributed by atoms with van der Waals surface area (Å²) in [7, 11) is 0. The SMILES string of the molecule is C=C1C=CC(C(C)C)CC(=O)C(C)C=CC1. The highest BCUT2D eigenvalue weighted by Gasteiger charge is 2.18. The van der Waals surface area contributed by atoms with Crippen LogP contribution in [0.5, 0.6) is 0 Å². The maximum Gasteiger partial charge on any atom is 0.140 e. The lowest BCUT2D eigenvalue weighted by molar-refractivity contribution is -0.122. The summed E-state index contributed by atoms with van der Waals surface area (Å²) in [5.74, 6) is 1.23. The number of rotatable bonds is 1. The van der Waals surface area contributed by atoms with Gasteiger partial charge in [-0.2, -0.15) is 0 Å². The number of hydrogen-bond acceptors (Lipinski definition) is 1. The number of carbonyl (C=O) groups is 1. The monoisotopic (exact) mass is 218 g/mol. The van der Waals surface area contributed by atoms with Crippen LogP contribution in [0.3, 0.4) is 0 Å². The van der Waals surface area contributed by atoms with Gasteiger partial charge in [-0.05, 0) is 18.3 Å². The van der Waals surface area contributed by atoms with Crippen molar-refractivity contribution in [3.05, 3.63) is 36.5 Å². The van der Waals surface area contributed by atoms with Gasteiger partial charge in [-0.1, -0.05) is 57.2 Å². The lowest BCUT2D eigenvalue weighted by atomic mass is 9.86. The fraction of sp³-hybridized carbons (Fsp3) is 0.533. The van der Waals surface area contributed by atoms with Crippen LogP contribution in [0.2, 0.25) is 0 Å².